The van der Waals surface area contributed by atoms with Crippen molar-refractivity contribution in [2.24, 2.45) is 5.84 Å². The standard InChI is InChI=1S/C12H21N3O2/c13-14-12(10-4-2-6-16-10)11-7-15-5-1-3-9(15)8-17-11/h4,9,11-12,14H,1-3,5-8,13H2. The highest BCUT2D eigenvalue weighted by Gasteiger charge is 2.37. The van der Waals surface area contributed by atoms with Crippen molar-refractivity contribution >= 4 is 0 Å². The number of nitrogens with zero attached hydrogens (tertiary/aromatic N) is 1. The van der Waals surface area contributed by atoms with Gasteiger partial charge in [0.25, 0.3) is 0 Å². The summed E-state index contributed by atoms with van der Waals surface area (Å²) in [6.07, 6.45) is 5.77. The zero-order valence-electron chi connectivity index (χ0n) is 10.1. The Morgan fingerprint density at radius 1 is 1.53 bits per heavy atom. The number of nitrogens with one attached hydrogen (secondary N) is 1. The number of ether oxygens (including phenoxy) is 2. The van der Waals surface area contributed by atoms with Crippen LogP contribution in [-0.4, -0.2) is 49.4 Å². The number of hydrogen-bond donors (Lipinski definition) is 2. The van der Waals surface area contributed by atoms with Crippen molar-refractivity contribution in [1.29, 1.82) is 0 Å². The van der Waals surface area contributed by atoms with Crippen LogP contribution in [0.25, 0.3) is 0 Å². The minimum absolute atomic E-state index is 0.000880. The molecule has 0 radical (unpaired) electrons. The van der Waals surface area contributed by atoms with Crippen molar-refractivity contribution in [3.8, 4) is 0 Å². The molecule has 0 aromatic carbocycles. The Hall–Kier alpha value is -0.620. The largest absolute Gasteiger partial charge is 0.496 e. The maximum Gasteiger partial charge on any atom is 0.113 e. The van der Waals surface area contributed by atoms with Gasteiger partial charge in [-0.3, -0.25) is 10.7 Å². The smallest absolute Gasteiger partial charge is 0.113 e. The van der Waals surface area contributed by atoms with E-state index in [1.54, 1.807) is 0 Å². The van der Waals surface area contributed by atoms with Crippen LogP contribution in [0.2, 0.25) is 0 Å². The van der Waals surface area contributed by atoms with Gasteiger partial charge >= 0.3 is 0 Å². The minimum atomic E-state index is -0.000880. The fourth-order valence-electron chi connectivity index (χ4n) is 3.07. The van der Waals surface area contributed by atoms with Crippen LogP contribution in [0.4, 0.5) is 0 Å². The maximum absolute atomic E-state index is 5.95. The summed E-state index contributed by atoms with van der Waals surface area (Å²) < 4.78 is 11.5. The molecule has 0 aromatic heterocycles. The van der Waals surface area contributed by atoms with Gasteiger partial charge in [-0.25, -0.2) is 5.43 Å². The van der Waals surface area contributed by atoms with Crippen molar-refractivity contribution < 1.29 is 9.47 Å². The highest BCUT2D eigenvalue weighted by Crippen LogP contribution is 2.26. The van der Waals surface area contributed by atoms with Crippen molar-refractivity contribution in [3.05, 3.63) is 11.8 Å². The molecule has 3 aliphatic rings. The molecule has 0 aliphatic carbocycles. The van der Waals surface area contributed by atoms with Gasteiger partial charge in [-0.1, -0.05) is 0 Å². The number of rotatable bonds is 3. The second kappa shape index (κ2) is 4.94. The van der Waals surface area contributed by atoms with Crippen LogP contribution in [0, 0.1) is 0 Å². The molecule has 96 valence electrons. The summed E-state index contributed by atoms with van der Waals surface area (Å²) in [5.74, 6) is 6.61. The highest BCUT2D eigenvalue weighted by molar-refractivity contribution is 5.10. The van der Waals surface area contributed by atoms with E-state index in [1.165, 1.54) is 19.4 Å². The molecule has 17 heavy (non-hydrogen) atoms. The third kappa shape index (κ3) is 2.20. The average molecular weight is 239 g/mol. The molecule has 5 heteroatoms. The summed E-state index contributed by atoms with van der Waals surface area (Å²) in [4.78, 5) is 2.52. The first-order valence-corrected chi connectivity index (χ1v) is 6.53. The topological polar surface area (TPSA) is 59.8 Å². The molecule has 3 unspecified atom stereocenters. The first kappa shape index (κ1) is 11.5. The predicted octanol–water partition coefficient (Wildman–Crippen LogP) is -0.0143. The van der Waals surface area contributed by atoms with Crippen molar-refractivity contribution in [2.75, 3.05) is 26.3 Å². The quantitative estimate of drug-likeness (QED) is 0.536. The lowest BCUT2D eigenvalue weighted by atomic mass is 10.1. The van der Waals surface area contributed by atoms with Gasteiger partial charge in [0.2, 0.25) is 0 Å². The van der Waals surface area contributed by atoms with E-state index in [0.29, 0.717) is 6.04 Å². The van der Waals surface area contributed by atoms with Crippen LogP contribution < -0.4 is 11.3 Å². The second-order valence-corrected chi connectivity index (χ2v) is 5.05. The van der Waals surface area contributed by atoms with Gasteiger partial charge in [0.15, 0.2) is 0 Å². The lowest BCUT2D eigenvalue weighted by Gasteiger charge is -2.38. The molecular weight excluding hydrogens is 218 g/mol. The Morgan fingerprint density at radius 3 is 3.24 bits per heavy atom. The molecule has 0 bridgehead atoms. The first-order valence-electron chi connectivity index (χ1n) is 6.53. The van der Waals surface area contributed by atoms with Crippen molar-refractivity contribution in [2.45, 2.75) is 37.5 Å². The molecule has 3 atom stereocenters. The van der Waals surface area contributed by atoms with Gasteiger partial charge in [0.1, 0.15) is 11.8 Å². The van der Waals surface area contributed by atoms with Crippen LogP contribution in [0.1, 0.15) is 19.3 Å². The summed E-state index contributed by atoms with van der Waals surface area (Å²) in [6.45, 7) is 3.75. The van der Waals surface area contributed by atoms with Crippen LogP contribution >= 0.6 is 0 Å². The monoisotopic (exact) mass is 239 g/mol. The lowest BCUT2D eigenvalue weighted by molar-refractivity contribution is -0.0652. The van der Waals surface area contributed by atoms with E-state index in [4.69, 9.17) is 15.3 Å². The molecule has 2 fully saturated rings. The number of hydrogen-bond acceptors (Lipinski definition) is 5. The molecule has 3 aliphatic heterocycles. The zero-order chi connectivity index (χ0) is 11.7. The van der Waals surface area contributed by atoms with Gasteiger partial charge in [0.05, 0.1) is 19.3 Å². The predicted molar refractivity (Wildman–Crippen MR) is 64.1 cm³/mol. The molecule has 2 saturated heterocycles. The maximum atomic E-state index is 5.95. The Labute approximate surface area is 102 Å². The molecule has 0 saturated carbocycles. The summed E-state index contributed by atoms with van der Waals surface area (Å²) in [7, 11) is 0. The number of morpholine rings is 1. The first-order chi connectivity index (χ1) is 8.38. The van der Waals surface area contributed by atoms with Crippen LogP contribution in [0.15, 0.2) is 11.8 Å². The summed E-state index contributed by atoms with van der Waals surface area (Å²) in [5, 5.41) is 0. The minimum Gasteiger partial charge on any atom is -0.496 e. The van der Waals surface area contributed by atoms with E-state index >= 15 is 0 Å². The number of fused-ring (bicyclic) bond motifs is 1. The summed E-state index contributed by atoms with van der Waals surface area (Å²) in [6, 6.07) is 0.627. The Morgan fingerprint density at radius 2 is 2.47 bits per heavy atom. The summed E-state index contributed by atoms with van der Waals surface area (Å²) >= 11 is 0. The Balaban J connectivity index is 1.66. The molecule has 3 rings (SSSR count). The normalized spacial score (nSPS) is 35.2. The molecule has 3 N–H and O–H groups in total. The van der Waals surface area contributed by atoms with E-state index in [9.17, 15) is 0 Å². The zero-order valence-corrected chi connectivity index (χ0v) is 10.1. The lowest BCUT2D eigenvalue weighted by Crippen LogP contribution is -2.56. The Kier molecular flexibility index (Phi) is 3.33. The Bertz CT molecular complexity index is 308. The average Bonchev–Trinajstić information content (AvgIpc) is 2.99. The van der Waals surface area contributed by atoms with E-state index < -0.39 is 0 Å². The van der Waals surface area contributed by atoms with Crippen molar-refractivity contribution in [1.82, 2.24) is 10.3 Å². The van der Waals surface area contributed by atoms with Crippen LogP contribution in [-0.2, 0) is 9.47 Å². The van der Waals surface area contributed by atoms with Crippen LogP contribution in [0.5, 0.6) is 0 Å². The van der Waals surface area contributed by atoms with Gasteiger partial charge in [-0.2, -0.15) is 0 Å². The van der Waals surface area contributed by atoms with Gasteiger partial charge in [-0.05, 0) is 25.5 Å². The summed E-state index contributed by atoms with van der Waals surface area (Å²) in [5.41, 5.74) is 2.85. The second-order valence-electron chi connectivity index (χ2n) is 5.05. The van der Waals surface area contributed by atoms with Gasteiger partial charge < -0.3 is 9.47 Å². The van der Waals surface area contributed by atoms with Gasteiger partial charge in [-0.15, -0.1) is 0 Å². The molecule has 0 spiro atoms. The van der Waals surface area contributed by atoms with E-state index in [0.717, 1.165) is 31.9 Å². The SMILES string of the molecule is NNC(C1=CCCO1)C1CN2CCCC2CO1. The highest BCUT2D eigenvalue weighted by atomic mass is 16.5. The molecule has 3 heterocycles. The van der Waals surface area contributed by atoms with Crippen LogP contribution in [0.3, 0.4) is 0 Å². The van der Waals surface area contributed by atoms with E-state index in [1.807, 2.05) is 0 Å². The molecule has 0 aromatic rings. The van der Waals surface area contributed by atoms with Crippen molar-refractivity contribution in [3.63, 3.8) is 0 Å². The fourth-order valence-corrected chi connectivity index (χ4v) is 3.07. The molecule has 5 nitrogen and oxygen atoms in total. The van der Waals surface area contributed by atoms with Gasteiger partial charge in [0, 0.05) is 19.0 Å². The van der Waals surface area contributed by atoms with E-state index in [-0.39, 0.29) is 12.1 Å². The number of hydrazine groups is 1. The third-order valence-electron chi connectivity index (χ3n) is 4.01. The fraction of sp³-hybridized carbons (Fsp3) is 0.833. The molecular formula is C12H21N3O2. The number of nitrogens with two attached hydrogens (primary N) is 1. The van der Waals surface area contributed by atoms with E-state index in [2.05, 4.69) is 16.4 Å². The molecule has 0 amide bonds. The third-order valence-corrected chi connectivity index (χ3v) is 4.01.